The third kappa shape index (κ3) is 18.8. The molecule has 28 heavy (non-hydrogen) atoms. The Labute approximate surface area is 190 Å². The predicted octanol–water partition coefficient (Wildman–Crippen LogP) is 6.91. The zero-order chi connectivity index (χ0) is 20.0. The molecule has 2 aromatic rings. The summed E-state index contributed by atoms with van der Waals surface area (Å²) in [6.07, 6.45) is 10.5. The van der Waals surface area contributed by atoms with Crippen molar-refractivity contribution < 1.29 is 21.7 Å². The van der Waals surface area contributed by atoms with E-state index in [4.69, 9.17) is 0 Å². The smallest absolute Gasteiger partial charge is 0 e. The van der Waals surface area contributed by atoms with E-state index in [0.29, 0.717) is 0 Å². The van der Waals surface area contributed by atoms with E-state index in [-0.39, 0.29) is 21.7 Å². The zero-order valence-electron chi connectivity index (χ0n) is 19.0. The number of rotatable bonds is 12. The van der Waals surface area contributed by atoms with Crippen LogP contribution in [0.4, 0.5) is 0 Å². The van der Waals surface area contributed by atoms with Gasteiger partial charge >= 0.3 is 0 Å². The summed E-state index contributed by atoms with van der Waals surface area (Å²) in [5.74, 6) is 0. The maximum Gasteiger partial charge on any atom is 0 e. The second kappa shape index (κ2) is 24.5. The van der Waals surface area contributed by atoms with Gasteiger partial charge in [0.05, 0.1) is 0 Å². The Kier molecular flexibility index (Phi) is 26.0. The Bertz CT molecular complexity index is 454. The minimum absolute atomic E-state index is 0. The average Bonchev–Trinajstić information content (AvgIpc) is 3.18. The summed E-state index contributed by atoms with van der Waals surface area (Å²) in [6.45, 7) is 13.7. The van der Waals surface area contributed by atoms with E-state index >= 15 is 0 Å². The van der Waals surface area contributed by atoms with Crippen LogP contribution in [0.5, 0.6) is 0 Å². The van der Waals surface area contributed by atoms with Gasteiger partial charge in [-0.15, -0.1) is 29.7 Å². The molecule has 0 aliphatic carbocycles. The first kappa shape index (κ1) is 29.7. The molecule has 0 unspecified atom stereocenters. The molecule has 0 aliphatic rings. The van der Waals surface area contributed by atoms with E-state index in [1.54, 1.807) is 0 Å². The van der Waals surface area contributed by atoms with E-state index in [1.165, 1.54) is 88.3 Å². The van der Waals surface area contributed by atoms with Crippen molar-refractivity contribution in [3.8, 4) is 0 Å². The van der Waals surface area contributed by atoms with Gasteiger partial charge in [0.15, 0.2) is 0 Å². The van der Waals surface area contributed by atoms with E-state index in [0.717, 1.165) is 0 Å². The van der Waals surface area contributed by atoms with Crippen LogP contribution in [0, 0.1) is 0 Å². The van der Waals surface area contributed by atoms with Gasteiger partial charge in [0.1, 0.15) is 0 Å². The van der Waals surface area contributed by atoms with Crippen LogP contribution in [0.25, 0.3) is 10.8 Å². The van der Waals surface area contributed by atoms with Crippen molar-refractivity contribution in [1.82, 2.24) is 10.6 Å². The summed E-state index contributed by atoms with van der Waals surface area (Å²) in [6, 6.07) is 14.7. The number of fused-ring (bicyclic) bond motifs is 1. The van der Waals surface area contributed by atoms with Crippen LogP contribution < -0.4 is 10.6 Å². The van der Waals surface area contributed by atoms with Crippen molar-refractivity contribution in [2.45, 2.75) is 79.1 Å². The minimum Gasteiger partial charge on any atom is -0.317 e. The topological polar surface area (TPSA) is 24.1 Å². The molecule has 0 bridgehead atoms. The molecule has 0 spiro atoms. The third-order valence-electron chi connectivity index (χ3n) is 4.38. The van der Waals surface area contributed by atoms with Gasteiger partial charge in [0.2, 0.25) is 0 Å². The summed E-state index contributed by atoms with van der Waals surface area (Å²) in [7, 11) is 0. The molecule has 0 saturated carbocycles. The zero-order valence-corrected chi connectivity index (χ0v) is 20.6. The van der Waals surface area contributed by atoms with Crippen molar-refractivity contribution in [3.05, 3.63) is 42.5 Å². The normalized spacial score (nSPS) is 9.71. The van der Waals surface area contributed by atoms with Gasteiger partial charge in [0, 0.05) is 21.7 Å². The summed E-state index contributed by atoms with van der Waals surface area (Å²) >= 11 is 0. The molecule has 0 fully saturated rings. The Balaban J connectivity index is 0. The van der Waals surface area contributed by atoms with Crippen LogP contribution in [0.3, 0.4) is 0 Å². The standard InChI is InChI=1S/C9H7.2C8H19N.Ti/c1-2-5-9-7-3-6-8(9)4-1;2*1-3-5-7-9-8-6-4-2;/h1-7H;2*9H,3-8H2,1-2H3;/q-1;;;. The molecule has 2 nitrogen and oxygen atoms in total. The van der Waals surface area contributed by atoms with Crippen LogP contribution >= 0.6 is 0 Å². The molecular weight excluding hydrogens is 376 g/mol. The van der Waals surface area contributed by atoms with Crippen molar-refractivity contribution >= 4 is 10.8 Å². The maximum atomic E-state index is 3.39. The molecule has 2 aromatic carbocycles. The van der Waals surface area contributed by atoms with Gasteiger partial charge in [0.25, 0.3) is 0 Å². The molecule has 160 valence electrons. The Morgan fingerprint density at radius 3 is 1.46 bits per heavy atom. The second-order valence-corrected chi connectivity index (χ2v) is 7.07. The van der Waals surface area contributed by atoms with Gasteiger partial charge in [-0.25, -0.2) is 0 Å². The van der Waals surface area contributed by atoms with Crippen molar-refractivity contribution in [2.75, 3.05) is 26.2 Å². The first-order chi connectivity index (χ1) is 13.3. The van der Waals surface area contributed by atoms with Crippen LogP contribution in [-0.2, 0) is 21.7 Å². The summed E-state index contributed by atoms with van der Waals surface area (Å²) in [5, 5.41) is 9.44. The summed E-state index contributed by atoms with van der Waals surface area (Å²) in [4.78, 5) is 0. The third-order valence-corrected chi connectivity index (χ3v) is 4.38. The van der Waals surface area contributed by atoms with Gasteiger partial charge < -0.3 is 10.6 Å². The molecule has 2 N–H and O–H groups in total. The molecule has 0 atom stereocenters. The maximum absolute atomic E-state index is 3.39. The van der Waals surface area contributed by atoms with Crippen LogP contribution in [0.2, 0.25) is 0 Å². The van der Waals surface area contributed by atoms with E-state index < -0.39 is 0 Å². The molecule has 0 saturated heterocycles. The van der Waals surface area contributed by atoms with Crippen molar-refractivity contribution in [3.63, 3.8) is 0 Å². The van der Waals surface area contributed by atoms with Crippen LogP contribution in [0.1, 0.15) is 79.1 Å². The Morgan fingerprint density at radius 2 is 1.07 bits per heavy atom. The number of nitrogens with one attached hydrogen (secondary N) is 2. The molecular formula is C25H45N2Ti-. The van der Waals surface area contributed by atoms with E-state index in [9.17, 15) is 0 Å². The monoisotopic (exact) mass is 421 g/mol. The number of unbranched alkanes of at least 4 members (excludes halogenated alkanes) is 4. The fraction of sp³-hybridized carbons (Fsp3) is 0.640. The van der Waals surface area contributed by atoms with E-state index in [2.05, 4.69) is 80.8 Å². The van der Waals surface area contributed by atoms with Crippen molar-refractivity contribution in [2.24, 2.45) is 0 Å². The molecule has 0 amide bonds. The fourth-order valence-electron chi connectivity index (χ4n) is 2.53. The van der Waals surface area contributed by atoms with Gasteiger partial charge in [-0.05, 0) is 51.9 Å². The molecule has 2 rings (SSSR count). The summed E-state index contributed by atoms with van der Waals surface area (Å²) in [5.41, 5.74) is 0. The number of hydrogen-bond donors (Lipinski definition) is 2. The van der Waals surface area contributed by atoms with Gasteiger partial charge in [-0.3, -0.25) is 0 Å². The Morgan fingerprint density at radius 1 is 0.643 bits per heavy atom. The first-order valence-electron chi connectivity index (χ1n) is 11.3. The Hall–Kier alpha value is -0.536. The molecule has 3 heteroatoms. The van der Waals surface area contributed by atoms with E-state index in [1.807, 2.05) is 0 Å². The average molecular weight is 422 g/mol. The quantitative estimate of drug-likeness (QED) is 0.221. The van der Waals surface area contributed by atoms with Crippen molar-refractivity contribution in [1.29, 1.82) is 0 Å². The second-order valence-electron chi connectivity index (χ2n) is 7.07. The molecule has 0 aromatic heterocycles. The SMILES string of the molecule is CCCCNCCCC.CCCCNCCCC.[Ti].c1ccc2[cH-]ccc2c1. The number of benzene rings is 1. The minimum atomic E-state index is 0. The number of hydrogen-bond acceptors (Lipinski definition) is 2. The van der Waals surface area contributed by atoms with Gasteiger partial charge in [-0.1, -0.05) is 59.4 Å². The largest absolute Gasteiger partial charge is 0.317 e. The summed E-state index contributed by atoms with van der Waals surface area (Å²) < 4.78 is 0. The van der Waals surface area contributed by atoms with Crippen LogP contribution in [0.15, 0.2) is 42.5 Å². The molecule has 0 radical (unpaired) electrons. The van der Waals surface area contributed by atoms with Crippen LogP contribution in [-0.4, -0.2) is 26.2 Å². The first-order valence-corrected chi connectivity index (χ1v) is 11.3. The molecule has 0 heterocycles. The predicted molar refractivity (Wildman–Crippen MR) is 125 cm³/mol. The fourth-order valence-corrected chi connectivity index (χ4v) is 2.53. The molecule has 0 aliphatic heterocycles. The van der Waals surface area contributed by atoms with Gasteiger partial charge in [-0.2, -0.15) is 17.5 Å².